The van der Waals surface area contributed by atoms with Gasteiger partial charge in [-0.05, 0) is 127 Å². The molecule has 59 heavy (non-hydrogen) atoms. The van der Waals surface area contributed by atoms with E-state index in [1.54, 1.807) is 0 Å². The van der Waals surface area contributed by atoms with Crippen molar-refractivity contribution >= 4 is 61.7 Å². The van der Waals surface area contributed by atoms with E-state index in [4.69, 9.17) is 14.2 Å². The summed E-state index contributed by atoms with van der Waals surface area (Å²) in [6.07, 6.45) is 0. The number of hydrogen-bond donors (Lipinski definition) is 0. The molecule has 4 heterocycles. The van der Waals surface area contributed by atoms with E-state index >= 15 is 0 Å². The quantitative estimate of drug-likeness (QED) is 0.133. The summed E-state index contributed by atoms with van der Waals surface area (Å²) < 4.78 is 20.8. The summed E-state index contributed by atoms with van der Waals surface area (Å²) in [6, 6.07) is 61.4. The fourth-order valence-electron chi connectivity index (χ4n) is 11.7. The number of para-hydroxylation sites is 2. The Morgan fingerprint density at radius 1 is 0.458 bits per heavy atom. The van der Waals surface area contributed by atoms with Crippen LogP contribution in [-0.2, 0) is 10.8 Å². The highest BCUT2D eigenvalue weighted by Gasteiger charge is 2.57. The fraction of sp³-hybridized carbons (Fsp3) is 0.0741. The Bertz CT molecular complexity index is 3240. The molecule has 1 spiro atoms. The van der Waals surface area contributed by atoms with Crippen LogP contribution in [0.5, 0.6) is 34.5 Å². The number of ether oxygens (including phenoxy) is 3. The van der Waals surface area contributed by atoms with Crippen molar-refractivity contribution < 1.29 is 14.2 Å². The monoisotopic (exact) mass is 755 g/mol. The van der Waals surface area contributed by atoms with Crippen LogP contribution >= 0.6 is 0 Å². The molecule has 14 rings (SSSR count). The van der Waals surface area contributed by atoms with Crippen molar-refractivity contribution in [2.45, 2.75) is 24.7 Å². The van der Waals surface area contributed by atoms with Crippen LogP contribution < -0.4 is 35.5 Å². The zero-order valence-corrected chi connectivity index (χ0v) is 32.4. The summed E-state index contributed by atoms with van der Waals surface area (Å²) in [6.45, 7) is 4.64. The normalized spacial score (nSPS) is 15.8. The second kappa shape index (κ2) is 10.8. The Morgan fingerprint density at radius 2 is 0.966 bits per heavy atom. The van der Waals surface area contributed by atoms with Gasteiger partial charge in [-0.2, -0.15) is 0 Å². The van der Waals surface area contributed by atoms with E-state index in [0.29, 0.717) is 0 Å². The molecule has 1 aliphatic carbocycles. The molecule has 4 aliphatic heterocycles. The highest BCUT2D eigenvalue weighted by Crippen LogP contribution is 2.61. The molecule has 9 aromatic rings. The van der Waals surface area contributed by atoms with Crippen LogP contribution in [0.3, 0.4) is 0 Å². The van der Waals surface area contributed by atoms with Crippen molar-refractivity contribution in [2.75, 3.05) is 4.90 Å². The first kappa shape index (κ1) is 31.8. The lowest BCUT2D eigenvalue weighted by molar-refractivity contribution is 0.458. The summed E-state index contributed by atoms with van der Waals surface area (Å²) in [5.41, 5.74) is 13.7. The topological polar surface area (TPSA) is 30.9 Å². The Labute approximate surface area is 341 Å². The summed E-state index contributed by atoms with van der Waals surface area (Å²) >= 11 is 0. The molecule has 0 fully saturated rings. The molecule has 0 aromatic heterocycles. The van der Waals surface area contributed by atoms with Crippen molar-refractivity contribution in [1.29, 1.82) is 0 Å². The van der Waals surface area contributed by atoms with Gasteiger partial charge in [0.25, 0.3) is 6.71 Å². The summed E-state index contributed by atoms with van der Waals surface area (Å²) in [5, 5.41) is 4.92. The second-order valence-electron chi connectivity index (χ2n) is 17.1. The molecular formula is C54H34BNO3. The van der Waals surface area contributed by atoms with Crippen LogP contribution in [0.1, 0.15) is 47.2 Å². The fourth-order valence-corrected chi connectivity index (χ4v) is 11.7. The number of benzene rings is 9. The third-order valence-electron chi connectivity index (χ3n) is 14.0. The molecule has 276 valence electrons. The van der Waals surface area contributed by atoms with Crippen LogP contribution in [0.25, 0.3) is 21.5 Å². The van der Waals surface area contributed by atoms with Gasteiger partial charge in [0.05, 0.1) is 16.8 Å². The van der Waals surface area contributed by atoms with Gasteiger partial charge in [0.1, 0.15) is 34.5 Å². The molecule has 0 radical (unpaired) electrons. The van der Waals surface area contributed by atoms with Gasteiger partial charge in [0.2, 0.25) is 0 Å². The number of nitrogens with zero attached hydrogens (tertiary/aromatic N) is 1. The first-order valence-corrected chi connectivity index (χ1v) is 20.5. The number of anilines is 3. The average Bonchev–Trinajstić information content (AvgIpc) is 3.58. The van der Waals surface area contributed by atoms with E-state index in [-0.39, 0.29) is 12.1 Å². The zero-order chi connectivity index (χ0) is 38.8. The number of hydrogen-bond acceptors (Lipinski definition) is 4. The van der Waals surface area contributed by atoms with Gasteiger partial charge in [-0.25, -0.2) is 0 Å². The number of rotatable bonds is 3. The Balaban J connectivity index is 0.986. The van der Waals surface area contributed by atoms with E-state index in [1.807, 2.05) is 6.07 Å². The molecule has 0 unspecified atom stereocenters. The third kappa shape index (κ3) is 3.78. The minimum atomic E-state index is -0.699. The maximum Gasteiger partial charge on any atom is 0.261 e. The Hall–Kier alpha value is -7.24. The molecule has 0 saturated carbocycles. The second-order valence-corrected chi connectivity index (χ2v) is 17.1. The van der Waals surface area contributed by atoms with Gasteiger partial charge in [-0.15, -0.1) is 0 Å². The molecule has 0 amide bonds. The molecule has 0 saturated heterocycles. The Morgan fingerprint density at radius 3 is 1.61 bits per heavy atom. The minimum absolute atomic E-state index is 0.0126. The third-order valence-corrected chi connectivity index (χ3v) is 14.0. The van der Waals surface area contributed by atoms with Crippen molar-refractivity contribution in [2.24, 2.45) is 0 Å². The van der Waals surface area contributed by atoms with Crippen LogP contribution in [0.4, 0.5) is 17.1 Å². The molecule has 0 bridgehead atoms. The van der Waals surface area contributed by atoms with E-state index in [1.165, 1.54) is 71.7 Å². The Kier molecular flexibility index (Phi) is 5.84. The molecule has 5 aliphatic rings. The van der Waals surface area contributed by atoms with E-state index < -0.39 is 5.41 Å². The highest BCUT2D eigenvalue weighted by molar-refractivity contribution is 6.99. The van der Waals surface area contributed by atoms with Crippen molar-refractivity contribution in [3.63, 3.8) is 0 Å². The van der Waals surface area contributed by atoms with Gasteiger partial charge in [0, 0.05) is 22.1 Å². The molecular weight excluding hydrogens is 721 g/mol. The molecule has 9 aromatic carbocycles. The first-order chi connectivity index (χ1) is 29.0. The molecule has 5 heteroatoms. The SMILES string of the molecule is CC1(C)c2ccccc2N(c2ccc(Oc3ccc4ccc5cccc6c5c4c3C63c4cccc5c4B4c6c(cccc6Oc6cccc3c64)O5)cc2)c2ccccc21. The molecule has 0 atom stereocenters. The lowest BCUT2D eigenvalue weighted by Gasteiger charge is -2.46. The maximum atomic E-state index is 7.23. The van der Waals surface area contributed by atoms with E-state index in [9.17, 15) is 0 Å². The van der Waals surface area contributed by atoms with Crippen molar-refractivity contribution in [3.8, 4) is 34.5 Å². The van der Waals surface area contributed by atoms with Gasteiger partial charge >= 0.3 is 0 Å². The minimum Gasteiger partial charge on any atom is -0.458 e. The number of fused-ring (bicyclic) bond motifs is 6. The van der Waals surface area contributed by atoms with Crippen LogP contribution in [0, 0.1) is 0 Å². The highest BCUT2D eigenvalue weighted by atomic mass is 16.5. The zero-order valence-electron chi connectivity index (χ0n) is 32.4. The predicted molar refractivity (Wildman–Crippen MR) is 238 cm³/mol. The van der Waals surface area contributed by atoms with Crippen molar-refractivity contribution in [1.82, 2.24) is 0 Å². The van der Waals surface area contributed by atoms with Gasteiger partial charge < -0.3 is 19.1 Å². The first-order valence-electron chi connectivity index (χ1n) is 20.5. The lowest BCUT2D eigenvalue weighted by Crippen LogP contribution is -2.65. The van der Waals surface area contributed by atoms with Gasteiger partial charge in [-0.1, -0.05) is 117 Å². The largest absolute Gasteiger partial charge is 0.458 e. The van der Waals surface area contributed by atoms with Crippen LogP contribution in [0.2, 0.25) is 0 Å². The van der Waals surface area contributed by atoms with E-state index in [0.717, 1.165) is 51.2 Å². The summed E-state index contributed by atoms with van der Waals surface area (Å²) in [7, 11) is 0. The summed E-state index contributed by atoms with van der Waals surface area (Å²) in [5.74, 6) is 5.14. The van der Waals surface area contributed by atoms with Gasteiger partial charge in [-0.3, -0.25) is 0 Å². The van der Waals surface area contributed by atoms with Gasteiger partial charge in [0.15, 0.2) is 0 Å². The predicted octanol–water partition coefficient (Wildman–Crippen LogP) is 11.6. The van der Waals surface area contributed by atoms with Crippen LogP contribution in [0.15, 0.2) is 170 Å². The molecule has 4 nitrogen and oxygen atoms in total. The standard InChI is InChI=1S/C54H34BNO3/c1-53(2)35-12-3-5-17-40(35)56(41-18-6-4-13-36(41)53)33-26-28-34(29-27-33)57-42-30-25-32-24-23-31-11-7-14-37-47(31)48(32)49(42)54(37)38-15-8-19-43-50(38)55-51-39(54)16-9-20-44(51)59-46-22-10-21-45(58-43)52(46)55/h3-30H,1-2H3. The molecule has 0 N–H and O–H groups in total. The maximum absolute atomic E-state index is 7.23. The summed E-state index contributed by atoms with van der Waals surface area (Å²) in [4.78, 5) is 2.39. The lowest BCUT2D eigenvalue weighted by atomic mass is 9.29. The van der Waals surface area contributed by atoms with Crippen LogP contribution in [-0.4, -0.2) is 6.71 Å². The smallest absolute Gasteiger partial charge is 0.261 e. The van der Waals surface area contributed by atoms with Crippen molar-refractivity contribution in [3.05, 3.63) is 203 Å². The van der Waals surface area contributed by atoms with E-state index in [2.05, 4.69) is 183 Å². The average molecular weight is 756 g/mol.